The summed E-state index contributed by atoms with van der Waals surface area (Å²) in [6, 6.07) is 9.73. The maximum absolute atomic E-state index is 13.3. The first-order valence-corrected chi connectivity index (χ1v) is 12.0. The lowest BCUT2D eigenvalue weighted by atomic mass is 10.2. The Hall–Kier alpha value is -2.47. The number of benzene rings is 2. The summed E-state index contributed by atoms with van der Waals surface area (Å²) < 4.78 is 66.9. The van der Waals surface area contributed by atoms with Gasteiger partial charge in [0.15, 0.2) is 6.04 Å². The molecule has 0 spiro atoms. The van der Waals surface area contributed by atoms with E-state index in [1.165, 1.54) is 12.1 Å². The van der Waals surface area contributed by atoms with Crippen molar-refractivity contribution >= 4 is 39.1 Å². The molecule has 0 aromatic heterocycles. The van der Waals surface area contributed by atoms with E-state index in [1.54, 1.807) is 18.2 Å². The van der Waals surface area contributed by atoms with Gasteiger partial charge in [0, 0.05) is 5.02 Å². The second-order valence-electron chi connectivity index (χ2n) is 7.86. The van der Waals surface area contributed by atoms with E-state index >= 15 is 0 Å². The number of imide groups is 1. The highest BCUT2D eigenvalue weighted by Crippen LogP contribution is 2.35. The van der Waals surface area contributed by atoms with Crippen molar-refractivity contribution in [3.8, 4) is 0 Å². The first kappa shape index (κ1) is 23.7. The number of alkyl halides is 3. The van der Waals surface area contributed by atoms with Crippen molar-refractivity contribution in [3.63, 3.8) is 0 Å². The van der Waals surface area contributed by atoms with Crippen LogP contribution in [-0.4, -0.2) is 56.8 Å². The number of nitrogens with one attached hydrogen (secondary N) is 1. The highest BCUT2D eigenvalue weighted by atomic mass is 35.5. The molecule has 0 unspecified atom stereocenters. The van der Waals surface area contributed by atoms with Gasteiger partial charge in [-0.3, -0.25) is 9.59 Å². The van der Waals surface area contributed by atoms with E-state index in [-0.39, 0.29) is 38.5 Å². The number of halogens is 4. The van der Waals surface area contributed by atoms with E-state index in [4.69, 9.17) is 11.6 Å². The van der Waals surface area contributed by atoms with Crippen LogP contribution in [-0.2, 0) is 25.8 Å². The molecule has 0 radical (unpaired) electrons. The molecule has 33 heavy (non-hydrogen) atoms. The van der Waals surface area contributed by atoms with Crippen molar-refractivity contribution in [2.45, 2.75) is 23.5 Å². The van der Waals surface area contributed by atoms with Gasteiger partial charge in [-0.1, -0.05) is 29.8 Å². The highest BCUT2D eigenvalue weighted by Gasteiger charge is 2.47. The molecule has 1 atom stereocenters. The number of amides is 2. The number of piperazine rings is 1. The van der Waals surface area contributed by atoms with Crippen LogP contribution in [0.1, 0.15) is 12.0 Å². The number of sulfonamides is 1. The number of rotatable bonds is 4. The second-order valence-corrected chi connectivity index (χ2v) is 10.2. The number of carbonyl (C=O) groups excluding carboxylic acids is 2. The van der Waals surface area contributed by atoms with Crippen LogP contribution < -0.4 is 9.80 Å². The summed E-state index contributed by atoms with van der Waals surface area (Å²) in [5.41, 5.74) is -0.849. The monoisotopic (exact) mass is 502 g/mol. The minimum atomic E-state index is -4.81. The summed E-state index contributed by atoms with van der Waals surface area (Å²) in [6.45, 7) is 0.221. The third kappa shape index (κ3) is 4.50. The number of nitrogens with zero attached hydrogens (tertiary/aromatic N) is 2. The molecule has 2 aromatic carbocycles. The van der Waals surface area contributed by atoms with Crippen LogP contribution in [0.25, 0.3) is 0 Å². The summed E-state index contributed by atoms with van der Waals surface area (Å²) in [6.07, 6.45) is -4.85. The lowest BCUT2D eigenvalue weighted by Crippen LogP contribution is -3.19. The van der Waals surface area contributed by atoms with Gasteiger partial charge < -0.3 is 4.90 Å². The minimum Gasteiger partial charge on any atom is -0.322 e. The molecule has 2 aliphatic heterocycles. The van der Waals surface area contributed by atoms with Crippen LogP contribution in [0, 0.1) is 0 Å². The standard InChI is InChI=1S/C21H19ClF3N3O4S/c22-14-4-3-5-15(12-14)28-19(29)13-17(20(28)30)26-8-10-27(11-9-26)33(31,32)18-7-2-1-6-16(18)21(23,24)25/h1-7,12,17H,8-11,13H2/p+1/t17-/m1/s1. The Morgan fingerprint density at radius 3 is 2.30 bits per heavy atom. The fourth-order valence-electron chi connectivity index (χ4n) is 4.26. The van der Waals surface area contributed by atoms with Crippen molar-refractivity contribution < 1.29 is 36.1 Å². The maximum Gasteiger partial charge on any atom is 0.417 e. The van der Waals surface area contributed by atoms with Crippen molar-refractivity contribution in [2.24, 2.45) is 0 Å². The van der Waals surface area contributed by atoms with Crippen molar-refractivity contribution in [1.82, 2.24) is 4.31 Å². The molecular formula is C21H20ClF3N3O4S+. The van der Waals surface area contributed by atoms with Crippen molar-refractivity contribution in [3.05, 3.63) is 59.1 Å². The second kappa shape index (κ2) is 8.71. The normalized spacial score (nSPS) is 21.1. The molecule has 2 fully saturated rings. The molecule has 2 aliphatic rings. The zero-order chi connectivity index (χ0) is 24.0. The average Bonchev–Trinajstić information content (AvgIpc) is 3.07. The number of carbonyl (C=O) groups is 2. The zero-order valence-electron chi connectivity index (χ0n) is 17.2. The van der Waals surface area contributed by atoms with Gasteiger partial charge >= 0.3 is 6.18 Å². The van der Waals surface area contributed by atoms with Gasteiger partial charge in [-0.25, -0.2) is 13.3 Å². The fraction of sp³-hybridized carbons (Fsp3) is 0.333. The predicted octanol–water partition coefficient (Wildman–Crippen LogP) is 1.58. The van der Waals surface area contributed by atoms with Crippen LogP contribution in [0.5, 0.6) is 0 Å². The molecule has 2 saturated heterocycles. The quantitative estimate of drug-likeness (QED) is 0.644. The Kier molecular flexibility index (Phi) is 6.25. The zero-order valence-corrected chi connectivity index (χ0v) is 18.8. The Morgan fingerprint density at radius 1 is 1.00 bits per heavy atom. The van der Waals surface area contributed by atoms with Crippen LogP contribution in [0.2, 0.25) is 5.02 Å². The summed E-state index contributed by atoms with van der Waals surface area (Å²) in [4.78, 5) is 26.5. The molecule has 4 rings (SSSR count). The molecule has 7 nitrogen and oxygen atoms in total. The average molecular weight is 503 g/mol. The molecule has 176 valence electrons. The van der Waals surface area contributed by atoms with Crippen molar-refractivity contribution in [1.29, 1.82) is 0 Å². The fourth-order valence-corrected chi connectivity index (χ4v) is 6.10. The van der Waals surface area contributed by atoms with Gasteiger partial charge in [-0.05, 0) is 30.3 Å². The first-order chi connectivity index (χ1) is 15.5. The van der Waals surface area contributed by atoms with E-state index in [9.17, 15) is 31.2 Å². The Labute approximate surface area is 193 Å². The van der Waals surface area contributed by atoms with Crippen LogP contribution in [0.3, 0.4) is 0 Å². The summed E-state index contributed by atoms with van der Waals surface area (Å²) in [5.74, 6) is -0.787. The summed E-state index contributed by atoms with van der Waals surface area (Å²) in [7, 11) is -4.38. The smallest absolute Gasteiger partial charge is 0.322 e. The topological polar surface area (TPSA) is 79.2 Å². The Balaban J connectivity index is 1.49. The molecule has 0 saturated carbocycles. The first-order valence-electron chi connectivity index (χ1n) is 10.1. The predicted molar refractivity (Wildman–Crippen MR) is 113 cm³/mol. The molecule has 2 amide bonds. The third-order valence-electron chi connectivity index (χ3n) is 5.88. The van der Waals surface area contributed by atoms with Gasteiger partial charge in [-0.2, -0.15) is 17.5 Å². The number of hydrogen-bond acceptors (Lipinski definition) is 4. The number of anilines is 1. The highest BCUT2D eigenvalue weighted by molar-refractivity contribution is 7.89. The molecule has 1 N–H and O–H groups in total. The van der Waals surface area contributed by atoms with Crippen LogP contribution >= 0.6 is 11.6 Å². The third-order valence-corrected chi connectivity index (χ3v) is 8.07. The van der Waals surface area contributed by atoms with E-state index in [0.717, 1.165) is 27.4 Å². The van der Waals surface area contributed by atoms with E-state index in [2.05, 4.69) is 0 Å². The van der Waals surface area contributed by atoms with Gasteiger partial charge in [0.05, 0.1) is 48.7 Å². The van der Waals surface area contributed by atoms with Crippen LogP contribution in [0.4, 0.5) is 18.9 Å². The lowest BCUT2D eigenvalue weighted by Gasteiger charge is -2.34. The van der Waals surface area contributed by atoms with Gasteiger partial charge in [-0.15, -0.1) is 0 Å². The van der Waals surface area contributed by atoms with Crippen LogP contribution in [0.15, 0.2) is 53.4 Å². The number of quaternary nitrogens is 1. The van der Waals surface area contributed by atoms with Gasteiger partial charge in [0.2, 0.25) is 15.9 Å². The molecular weight excluding hydrogens is 483 g/mol. The number of hydrogen-bond donors (Lipinski definition) is 1. The van der Waals surface area contributed by atoms with Gasteiger partial charge in [0.25, 0.3) is 5.91 Å². The summed E-state index contributed by atoms with van der Waals surface area (Å²) >= 11 is 5.97. The molecule has 12 heteroatoms. The maximum atomic E-state index is 13.3. The molecule has 0 bridgehead atoms. The van der Waals surface area contributed by atoms with Gasteiger partial charge in [0.1, 0.15) is 0 Å². The minimum absolute atomic E-state index is 0.0374. The van der Waals surface area contributed by atoms with Crippen molar-refractivity contribution in [2.75, 3.05) is 31.1 Å². The van der Waals surface area contributed by atoms with E-state index in [1.807, 2.05) is 0 Å². The summed E-state index contributed by atoms with van der Waals surface area (Å²) in [5, 5.41) is 0.377. The molecule has 2 heterocycles. The molecule has 2 aromatic rings. The van der Waals surface area contributed by atoms with E-state index in [0.29, 0.717) is 15.6 Å². The largest absolute Gasteiger partial charge is 0.417 e. The van der Waals surface area contributed by atoms with E-state index < -0.39 is 38.6 Å². The SMILES string of the molecule is O=C1C[C@@H]([NH+]2CCN(S(=O)(=O)c3ccccc3C(F)(F)F)CC2)C(=O)N1c1cccc(Cl)c1. The lowest BCUT2D eigenvalue weighted by molar-refractivity contribution is -0.918. The Morgan fingerprint density at radius 2 is 1.67 bits per heavy atom. The molecule has 0 aliphatic carbocycles. The Bertz CT molecular complexity index is 1200.